The standard InChI is InChI=1S/C20H18N6O/c1-2-22-20(27)25-16-13-26(18-7-3-4-9-23-18)17-10-15(12-24-19(16)17)14-6-5-8-21-11-14/h3-13H,2H2,1H3,(H2,22,25,27). The van der Waals surface area contributed by atoms with Crippen LogP contribution in [-0.2, 0) is 0 Å². The van der Waals surface area contributed by atoms with E-state index in [0.717, 1.165) is 22.5 Å². The molecule has 0 aliphatic carbocycles. The maximum Gasteiger partial charge on any atom is 0.319 e. The van der Waals surface area contributed by atoms with Crippen molar-refractivity contribution in [2.45, 2.75) is 6.92 Å². The highest BCUT2D eigenvalue weighted by atomic mass is 16.2. The first kappa shape index (κ1) is 16.7. The van der Waals surface area contributed by atoms with Gasteiger partial charge in [0.15, 0.2) is 0 Å². The number of amides is 2. The van der Waals surface area contributed by atoms with Gasteiger partial charge in [0.1, 0.15) is 11.3 Å². The number of hydrogen-bond donors (Lipinski definition) is 2. The number of fused-ring (bicyclic) bond motifs is 1. The number of carbonyl (C=O) groups excluding carboxylic acids is 1. The van der Waals surface area contributed by atoms with E-state index in [-0.39, 0.29) is 6.03 Å². The van der Waals surface area contributed by atoms with Gasteiger partial charge in [-0.2, -0.15) is 0 Å². The van der Waals surface area contributed by atoms with Crippen LogP contribution < -0.4 is 10.6 Å². The highest BCUT2D eigenvalue weighted by Gasteiger charge is 2.15. The van der Waals surface area contributed by atoms with Crippen LogP contribution in [0.2, 0.25) is 0 Å². The molecule has 0 bridgehead atoms. The molecule has 4 heterocycles. The normalized spacial score (nSPS) is 10.7. The van der Waals surface area contributed by atoms with E-state index < -0.39 is 0 Å². The van der Waals surface area contributed by atoms with E-state index in [1.54, 1.807) is 24.8 Å². The molecule has 2 amide bonds. The van der Waals surface area contributed by atoms with Gasteiger partial charge >= 0.3 is 6.03 Å². The first-order valence-corrected chi connectivity index (χ1v) is 8.64. The molecule has 0 radical (unpaired) electrons. The summed E-state index contributed by atoms with van der Waals surface area (Å²) in [4.78, 5) is 25.2. The molecule has 0 atom stereocenters. The fourth-order valence-electron chi connectivity index (χ4n) is 2.90. The summed E-state index contributed by atoms with van der Waals surface area (Å²) in [5.41, 5.74) is 4.08. The molecule has 4 rings (SSSR count). The smallest absolute Gasteiger partial charge is 0.319 e. The Morgan fingerprint density at radius 2 is 2.00 bits per heavy atom. The second-order valence-corrected chi connectivity index (χ2v) is 5.92. The Balaban J connectivity index is 1.87. The van der Waals surface area contributed by atoms with Gasteiger partial charge in [0.05, 0.1) is 11.2 Å². The lowest BCUT2D eigenvalue weighted by molar-refractivity contribution is 0.252. The Kier molecular flexibility index (Phi) is 4.49. The zero-order valence-electron chi connectivity index (χ0n) is 14.8. The molecule has 0 aliphatic heterocycles. The summed E-state index contributed by atoms with van der Waals surface area (Å²) in [6, 6.07) is 11.3. The summed E-state index contributed by atoms with van der Waals surface area (Å²) in [6.45, 7) is 2.42. The van der Waals surface area contributed by atoms with Gasteiger partial charge < -0.3 is 10.6 Å². The number of hydrogen-bond acceptors (Lipinski definition) is 4. The van der Waals surface area contributed by atoms with Crippen LogP contribution in [0, 0.1) is 0 Å². The predicted molar refractivity (Wildman–Crippen MR) is 105 cm³/mol. The third kappa shape index (κ3) is 3.35. The van der Waals surface area contributed by atoms with Crippen LogP contribution in [0.25, 0.3) is 28.0 Å². The molecular weight excluding hydrogens is 340 g/mol. The Labute approximate surface area is 156 Å². The largest absolute Gasteiger partial charge is 0.338 e. The molecule has 0 unspecified atom stereocenters. The van der Waals surface area contributed by atoms with E-state index in [0.29, 0.717) is 17.7 Å². The Hall–Kier alpha value is -3.74. The molecule has 0 spiro atoms. The van der Waals surface area contributed by atoms with Gasteiger partial charge in [-0.25, -0.2) is 9.78 Å². The van der Waals surface area contributed by atoms with Crippen molar-refractivity contribution in [2.24, 2.45) is 0 Å². The Bertz CT molecular complexity index is 1080. The van der Waals surface area contributed by atoms with Crippen molar-refractivity contribution in [1.82, 2.24) is 24.8 Å². The molecule has 0 fully saturated rings. The molecule has 0 saturated carbocycles. The quantitative estimate of drug-likeness (QED) is 0.583. The number of nitrogens with zero attached hydrogens (tertiary/aromatic N) is 4. The lowest BCUT2D eigenvalue weighted by Gasteiger charge is -2.05. The maximum absolute atomic E-state index is 12.0. The molecule has 4 aromatic rings. The van der Waals surface area contributed by atoms with Gasteiger partial charge in [-0.15, -0.1) is 0 Å². The topological polar surface area (TPSA) is 84.7 Å². The lowest BCUT2D eigenvalue weighted by atomic mass is 10.1. The van der Waals surface area contributed by atoms with Gasteiger partial charge in [-0.1, -0.05) is 12.1 Å². The predicted octanol–water partition coefficient (Wildman–Crippen LogP) is 3.62. The molecule has 27 heavy (non-hydrogen) atoms. The molecule has 4 aromatic heterocycles. The van der Waals surface area contributed by atoms with Crippen molar-refractivity contribution in [3.8, 4) is 16.9 Å². The van der Waals surface area contributed by atoms with Crippen molar-refractivity contribution < 1.29 is 4.79 Å². The second kappa shape index (κ2) is 7.25. The maximum atomic E-state index is 12.0. The van der Waals surface area contributed by atoms with Crippen molar-refractivity contribution in [3.63, 3.8) is 0 Å². The number of anilines is 1. The van der Waals surface area contributed by atoms with Crippen LogP contribution in [0.15, 0.2) is 67.4 Å². The number of nitrogens with one attached hydrogen (secondary N) is 2. The molecule has 0 saturated heterocycles. The Morgan fingerprint density at radius 1 is 1.07 bits per heavy atom. The second-order valence-electron chi connectivity index (χ2n) is 5.92. The Morgan fingerprint density at radius 3 is 2.74 bits per heavy atom. The van der Waals surface area contributed by atoms with Crippen LogP contribution in [0.4, 0.5) is 10.5 Å². The van der Waals surface area contributed by atoms with E-state index in [4.69, 9.17) is 0 Å². The third-order valence-corrected chi connectivity index (χ3v) is 4.12. The number of pyridine rings is 3. The summed E-state index contributed by atoms with van der Waals surface area (Å²) in [6.07, 6.45) is 8.88. The summed E-state index contributed by atoms with van der Waals surface area (Å²) in [5, 5.41) is 5.60. The fraction of sp³-hybridized carbons (Fsp3) is 0.100. The molecule has 0 aliphatic rings. The first-order valence-electron chi connectivity index (χ1n) is 8.64. The van der Waals surface area contributed by atoms with Gasteiger partial charge in [0, 0.05) is 48.7 Å². The zero-order valence-corrected chi connectivity index (χ0v) is 14.8. The van der Waals surface area contributed by atoms with Crippen molar-refractivity contribution in [1.29, 1.82) is 0 Å². The van der Waals surface area contributed by atoms with Gasteiger partial charge in [-0.05, 0) is 31.2 Å². The molecular formula is C20H18N6O. The fourth-order valence-corrected chi connectivity index (χ4v) is 2.90. The molecule has 134 valence electrons. The summed E-state index contributed by atoms with van der Waals surface area (Å²) >= 11 is 0. The van der Waals surface area contributed by atoms with Crippen molar-refractivity contribution >= 4 is 22.8 Å². The number of urea groups is 1. The SMILES string of the molecule is CCNC(=O)Nc1cn(-c2ccccn2)c2cc(-c3cccnc3)cnc12. The van der Waals surface area contributed by atoms with E-state index in [2.05, 4.69) is 25.6 Å². The van der Waals surface area contributed by atoms with Gasteiger partial charge in [-0.3, -0.25) is 14.5 Å². The third-order valence-electron chi connectivity index (χ3n) is 4.12. The van der Waals surface area contributed by atoms with E-state index in [1.807, 2.05) is 54.1 Å². The van der Waals surface area contributed by atoms with E-state index in [1.165, 1.54) is 0 Å². The van der Waals surface area contributed by atoms with Crippen LogP contribution in [0.3, 0.4) is 0 Å². The highest BCUT2D eigenvalue weighted by molar-refractivity contribution is 6.00. The summed E-state index contributed by atoms with van der Waals surface area (Å²) in [7, 11) is 0. The van der Waals surface area contributed by atoms with Crippen LogP contribution >= 0.6 is 0 Å². The van der Waals surface area contributed by atoms with Crippen molar-refractivity contribution in [2.75, 3.05) is 11.9 Å². The van der Waals surface area contributed by atoms with Crippen LogP contribution in [-0.4, -0.2) is 32.1 Å². The minimum Gasteiger partial charge on any atom is -0.338 e. The average molecular weight is 358 g/mol. The summed E-state index contributed by atoms with van der Waals surface area (Å²) in [5.74, 6) is 0.747. The first-order chi connectivity index (χ1) is 13.3. The number of carbonyl (C=O) groups is 1. The monoisotopic (exact) mass is 358 g/mol. The van der Waals surface area contributed by atoms with Gasteiger partial charge in [0.2, 0.25) is 0 Å². The van der Waals surface area contributed by atoms with Crippen molar-refractivity contribution in [3.05, 3.63) is 67.4 Å². The van der Waals surface area contributed by atoms with Gasteiger partial charge in [0.25, 0.3) is 0 Å². The zero-order chi connectivity index (χ0) is 18.6. The van der Waals surface area contributed by atoms with E-state index in [9.17, 15) is 4.79 Å². The van der Waals surface area contributed by atoms with Crippen LogP contribution in [0.5, 0.6) is 0 Å². The molecule has 2 N–H and O–H groups in total. The number of rotatable bonds is 4. The van der Waals surface area contributed by atoms with Crippen LogP contribution in [0.1, 0.15) is 6.92 Å². The number of aromatic nitrogens is 4. The van der Waals surface area contributed by atoms with E-state index >= 15 is 0 Å². The highest BCUT2D eigenvalue weighted by Crippen LogP contribution is 2.30. The lowest BCUT2D eigenvalue weighted by Crippen LogP contribution is -2.28. The minimum atomic E-state index is -0.268. The molecule has 7 nitrogen and oxygen atoms in total. The molecule has 7 heteroatoms. The average Bonchev–Trinajstić information content (AvgIpc) is 3.07. The minimum absolute atomic E-state index is 0.268. The molecule has 0 aromatic carbocycles. The summed E-state index contributed by atoms with van der Waals surface area (Å²) < 4.78 is 1.92.